The number of amides is 1. The second-order valence-corrected chi connectivity index (χ2v) is 15.6. The molecule has 1 unspecified atom stereocenters. The molecule has 0 spiro atoms. The van der Waals surface area contributed by atoms with Crippen LogP contribution in [0.25, 0.3) is 0 Å². The lowest BCUT2D eigenvalue weighted by atomic mass is 10.1. The van der Waals surface area contributed by atoms with Gasteiger partial charge in [0.1, 0.15) is 0 Å². The fourth-order valence-corrected chi connectivity index (χ4v) is 5.76. The minimum absolute atomic E-state index is 0.173. The summed E-state index contributed by atoms with van der Waals surface area (Å²) in [4.78, 5) is 12.5. The van der Waals surface area contributed by atoms with Crippen molar-refractivity contribution in [2.24, 2.45) is 0 Å². The smallest absolute Gasteiger partial charge is 0.407 e. The molecule has 7 nitrogen and oxygen atoms in total. The summed E-state index contributed by atoms with van der Waals surface area (Å²) >= 11 is 0. The highest BCUT2D eigenvalue weighted by atomic mass is 16.6. The van der Waals surface area contributed by atoms with E-state index in [9.17, 15) is 4.79 Å². The third-order valence-electron chi connectivity index (χ3n) is 9.57. The molecule has 0 fully saturated rings. The van der Waals surface area contributed by atoms with E-state index in [1.165, 1.54) is 141 Å². The molecule has 49 heavy (non-hydrogen) atoms. The number of hydrogen-bond donors (Lipinski definition) is 1. The van der Waals surface area contributed by atoms with Crippen molar-refractivity contribution in [2.75, 3.05) is 46.7 Å². The summed E-state index contributed by atoms with van der Waals surface area (Å²) in [6.07, 6.45) is 31.9. The number of carbonyl (C=O) groups excluding carboxylic acids is 1. The maximum atomic E-state index is 12.5. The van der Waals surface area contributed by atoms with E-state index in [4.69, 9.17) is 23.7 Å². The first-order chi connectivity index (χ1) is 23.7. The molecule has 1 N–H and O–H groups in total. The first kappa shape index (κ1) is 48.1. The van der Waals surface area contributed by atoms with Crippen LogP contribution in [0.1, 0.15) is 202 Å². The highest BCUT2D eigenvalue weighted by molar-refractivity contribution is 5.67. The molecule has 1 amide bonds. The van der Waals surface area contributed by atoms with Gasteiger partial charge in [0.15, 0.2) is 0 Å². The van der Waals surface area contributed by atoms with E-state index in [0.717, 1.165) is 19.4 Å². The Bertz CT molecular complexity index is 701. The van der Waals surface area contributed by atoms with Crippen LogP contribution < -0.4 is 5.32 Å². The standard InChI is InChI=1S/C42H85NO6/c1-8-10-12-14-16-18-20-22-24-26-28-30-33-46-37-39(47-34-31-29-27-25-23-21-19-17-15-13-11-9-2)36-43-40(44)48-35-32-41(3,4)49-38-42(5,6)45-7/h39H,8-38H2,1-7H3,(H,43,44). The van der Waals surface area contributed by atoms with Gasteiger partial charge in [0.05, 0.1) is 37.1 Å². The molecule has 7 heteroatoms. The highest BCUT2D eigenvalue weighted by Crippen LogP contribution is 2.19. The molecular weight excluding hydrogens is 614 g/mol. The molecule has 0 aromatic rings. The molecule has 0 aromatic carbocycles. The van der Waals surface area contributed by atoms with Crippen LogP contribution in [0.3, 0.4) is 0 Å². The maximum Gasteiger partial charge on any atom is 0.407 e. The van der Waals surface area contributed by atoms with Gasteiger partial charge in [-0.15, -0.1) is 0 Å². The molecule has 0 saturated heterocycles. The van der Waals surface area contributed by atoms with E-state index >= 15 is 0 Å². The van der Waals surface area contributed by atoms with Gasteiger partial charge in [-0.3, -0.25) is 0 Å². The van der Waals surface area contributed by atoms with Crippen molar-refractivity contribution in [3.05, 3.63) is 0 Å². The van der Waals surface area contributed by atoms with Crippen LogP contribution in [0.4, 0.5) is 4.79 Å². The lowest BCUT2D eigenvalue weighted by Gasteiger charge is -2.31. The second kappa shape index (κ2) is 34.2. The van der Waals surface area contributed by atoms with E-state index < -0.39 is 11.7 Å². The normalized spacial score (nSPS) is 12.8. The van der Waals surface area contributed by atoms with Gasteiger partial charge in [0.2, 0.25) is 0 Å². The van der Waals surface area contributed by atoms with Crippen LogP contribution in [-0.2, 0) is 23.7 Å². The maximum absolute atomic E-state index is 12.5. The van der Waals surface area contributed by atoms with Crippen molar-refractivity contribution < 1.29 is 28.5 Å². The van der Waals surface area contributed by atoms with Crippen molar-refractivity contribution in [2.45, 2.75) is 219 Å². The first-order valence-electron chi connectivity index (χ1n) is 20.9. The molecule has 0 radical (unpaired) electrons. The zero-order valence-corrected chi connectivity index (χ0v) is 33.9. The second-order valence-electron chi connectivity index (χ2n) is 15.6. The molecule has 0 aliphatic rings. The molecule has 294 valence electrons. The Hall–Kier alpha value is -0.890. The lowest BCUT2D eigenvalue weighted by molar-refractivity contribution is -0.112. The Morgan fingerprint density at radius 2 is 1.00 bits per heavy atom. The van der Waals surface area contributed by atoms with Gasteiger partial charge in [-0.25, -0.2) is 4.79 Å². The summed E-state index contributed by atoms with van der Waals surface area (Å²) in [5.41, 5.74) is -0.773. The Balaban J connectivity index is 4.28. The van der Waals surface area contributed by atoms with E-state index in [2.05, 4.69) is 19.2 Å². The van der Waals surface area contributed by atoms with Gasteiger partial charge in [0.25, 0.3) is 0 Å². The summed E-state index contributed by atoms with van der Waals surface area (Å²) in [6.45, 7) is 15.6. The number of methoxy groups -OCH3 is 1. The number of ether oxygens (including phenoxy) is 5. The molecule has 0 bridgehead atoms. The van der Waals surface area contributed by atoms with Crippen LogP contribution >= 0.6 is 0 Å². The third kappa shape index (κ3) is 35.3. The average Bonchev–Trinajstić information content (AvgIpc) is 3.08. The number of unbranched alkanes of at least 4 members (excludes halogenated alkanes) is 22. The topological polar surface area (TPSA) is 75.3 Å². The van der Waals surface area contributed by atoms with Gasteiger partial charge in [-0.1, -0.05) is 155 Å². The van der Waals surface area contributed by atoms with Crippen molar-refractivity contribution in [3.63, 3.8) is 0 Å². The predicted octanol–water partition coefficient (Wildman–Crippen LogP) is 12.1. The molecule has 0 aromatic heterocycles. The third-order valence-corrected chi connectivity index (χ3v) is 9.57. The number of hydrogen-bond acceptors (Lipinski definition) is 6. The van der Waals surface area contributed by atoms with E-state index in [0.29, 0.717) is 32.8 Å². The number of rotatable bonds is 38. The zero-order valence-electron chi connectivity index (χ0n) is 33.9. The molecular formula is C42H85NO6. The fraction of sp³-hybridized carbons (Fsp3) is 0.976. The Labute approximate surface area is 305 Å². The summed E-state index contributed by atoms with van der Waals surface area (Å²) < 4.78 is 29.2. The van der Waals surface area contributed by atoms with Gasteiger partial charge < -0.3 is 29.0 Å². The summed E-state index contributed by atoms with van der Waals surface area (Å²) in [5.74, 6) is 0. The van der Waals surface area contributed by atoms with Gasteiger partial charge in [0, 0.05) is 33.3 Å². The number of carbonyl (C=O) groups is 1. The van der Waals surface area contributed by atoms with Crippen LogP contribution in [0.2, 0.25) is 0 Å². The zero-order chi connectivity index (χ0) is 36.3. The molecule has 0 heterocycles. The van der Waals surface area contributed by atoms with Gasteiger partial charge in [-0.2, -0.15) is 0 Å². The molecule has 1 atom stereocenters. The van der Waals surface area contributed by atoms with Crippen molar-refractivity contribution in [1.29, 1.82) is 0 Å². The number of alkyl carbamates (subject to hydrolysis) is 1. The Morgan fingerprint density at radius 3 is 1.45 bits per heavy atom. The lowest BCUT2D eigenvalue weighted by Crippen LogP contribution is -2.38. The fourth-order valence-electron chi connectivity index (χ4n) is 5.76. The first-order valence-corrected chi connectivity index (χ1v) is 20.9. The average molecular weight is 700 g/mol. The van der Waals surface area contributed by atoms with Crippen LogP contribution in [0.15, 0.2) is 0 Å². The Kier molecular flexibility index (Phi) is 33.6. The van der Waals surface area contributed by atoms with Gasteiger partial charge in [-0.05, 0) is 40.5 Å². The summed E-state index contributed by atoms with van der Waals surface area (Å²) in [7, 11) is 1.68. The quantitative estimate of drug-likeness (QED) is 0.0647. The highest BCUT2D eigenvalue weighted by Gasteiger charge is 2.25. The van der Waals surface area contributed by atoms with Gasteiger partial charge >= 0.3 is 6.09 Å². The monoisotopic (exact) mass is 700 g/mol. The van der Waals surface area contributed by atoms with E-state index in [1.807, 2.05) is 27.7 Å². The SMILES string of the molecule is CCCCCCCCCCCCCCOCC(CNC(=O)OCCC(C)(C)OCC(C)(C)OC)OCCCCCCCCCCCCCC. The minimum atomic E-state index is -0.423. The summed E-state index contributed by atoms with van der Waals surface area (Å²) in [6, 6.07) is 0. The number of nitrogens with one attached hydrogen (secondary N) is 1. The molecule has 0 aliphatic carbocycles. The Morgan fingerprint density at radius 1 is 0.571 bits per heavy atom. The van der Waals surface area contributed by atoms with Crippen molar-refractivity contribution in [3.8, 4) is 0 Å². The predicted molar refractivity (Wildman–Crippen MR) is 208 cm³/mol. The molecule has 0 rings (SSSR count). The molecule has 0 saturated carbocycles. The molecule has 0 aliphatic heterocycles. The van der Waals surface area contributed by atoms with Crippen LogP contribution in [-0.4, -0.2) is 70.1 Å². The largest absolute Gasteiger partial charge is 0.449 e. The van der Waals surface area contributed by atoms with E-state index in [-0.39, 0.29) is 18.3 Å². The van der Waals surface area contributed by atoms with Crippen LogP contribution in [0.5, 0.6) is 0 Å². The van der Waals surface area contributed by atoms with Crippen LogP contribution in [0, 0.1) is 0 Å². The summed E-state index contributed by atoms with van der Waals surface area (Å²) in [5, 5.41) is 2.90. The van der Waals surface area contributed by atoms with Crippen molar-refractivity contribution >= 4 is 6.09 Å². The van der Waals surface area contributed by atoms with E-state index in [1.54, 1.807) is 7.11 Å². The van der Waals surface area contributed by atoms with Crippen molar-refractivity contribution in [1.82, 2.24) is 5.32 Å². The minimum Gasteiger partial charge on any atom is -0.449 e.